The zero-order valence-corrected chi connectivity index (χ0v) is 12.5. The summed E-state index contributed by atoms with van der Waals surface area (Å²) in [6, 6.07) is 10.5. The number of hydrogen-bond donors (Lipinski definition) is 2. The Balaban J connectivity index is 2.30. The molecular formula is C16H19N5. The first-order valence-corrected chi connectivity index (χ1v) is 6.95. The van der Waals surface area contributed by atoms with Crippen LogP contribution >= 0.6 is 0 Å². The summed E-state index contributed by atoms with van der Waals surface area (Å²) in [7, 11) is 0. The highest BCUT2D eigenvalue weighted by Crippen LogP contribution is 2.32. The lowest BCUT2D eigenvalue weighted by molar-refractivity contribution is 0.639. The SMILES string of the molecule is Cc1c(C)n(C(C)c2ccccc2)c2nc(N)nc(N)c12. The molecule has 0 bridgehead atoms. The Hall–Kier alpha value is -2.56. The van der Waals surface area contributed by atoms with Gasteiger partial charge in [-0.25, -0.2) is 0 Å². The number of nitrogens with two attached hydrogens (primary N) is 2. The summed E-state index contributed by atoms with van der Waals surface area (Å²) in [5, 5.41) is 0.893. The fourth-order valence-electron chi connectivity index (χ4n) is 2.89. The molecule has 0 spiro atoms. The lowest BCUT2D eigenvalue weighted by atomic mass is 10.1. The molecule has 4 N–H and O–H groups in total. The minimum atomic E-state index is 0.149. The highest BCUT2D eigenvalue weighted by Gasteiger charge is 2.20. The second-order valence-corrected chi connectivity index (χ2v) is 5.33. The molecule has 0 aliphatic carbocycles. The summed E-state index contributed by atoms with van der Waals surface area (Å²) in [5.41, 5.74) is 16.1. The summed E-state index contributed by atoms with van der Waals surface area (Å²) in [6.45, 7) is 6.27. The summed E-state index contributed by atoms with van der Waals surface area (Å²) in [6.07, 6.45) is 0. The van der Waals surface area contributed by atoms with E-state index < -0.39 is 0 Å². The quantitative estimate of drug-likeness (QED) is 0.756. The first-order chi connectivity index (χ1) is 10.0. The molecule has 3 aromatic rings. The fourth-order valence-corrected chi connectivity index (χ4v) is 2.89. The first-order valence-electron chi connectivity index (χ1n) is 6.95. The van der Waals surface area contributed by atoms with Crippen LogP contribution in [-0.4, -0.2) is 14.5 Å². The maximum atomic E-state index is 6.03. The maximum absolute atomic E-state index is 6.03. The Morgan fingerprint density at radius 3 is 2.38 bits per heavy atom. The number of rotatable bonds is 2. The van der Waals surface area contributed by atoms with E-state index in [4.69, 9.17) is 11.5 Å². The van der Waals surface area contributed by atoms with Crippen molar-refractivity contribution in [3.8, 4) is 0 Å². The van der Waals surface area contributed by atoms with E-state index in [9.17, 15) is 0 Å². The van der Waals surface area contributed by atoms with E-state index in [0.29, 0.717) is 5.82 Å². The minimum absolute atomic E-state index is 0.149. The van der Waals surface area contributed by atoms with Gasteiger partial charge in [0.1, 0.15) is 11.5 Å². The van der Waals surface area contributed by atoms with Crippen LogP contribution in [-0.2, 0) is 0 Å². The predicted octanol–water partition coefficient (Wildman–Crippen LogP) is 2.82. The van der Waals surface area contributed by atoms with Crippen molar-refractivity contribution in [2.24, 2.45) is 0 Å². The Kier molecular flexibility index (Phi) is 3.05. The van der Waals surface area contributed by atoms with Crippen molar-refractivity contribution >= 4 is 22.8 Å². The van der Waals surface area contributed by atoms with Gasteiger partial charge in [-0.15, -0.1) is 0 Å². The van der Waals surface area contributed by atoms with Crippen LogP contribution in [0.25, 0.3) is 11.0 Å². The van der Waals surface area contributed by atoms with Crippen LogP contribution in [0.2, 0.25) is 0 Å². The van der Waals surface area contributed by atoms with E-state index in [1.807, 2.05) is 25.1 Å². The van der Waals surface area contributed by atoms with Crippen LogP contribution in [0.3, 0.4) is 0 Å². The van der Waals surface area contributed by atoms with Gasteiger partial charge in [0, 0.05) is 5.69 Å². The average Bonchev–Trinajstić information content (AvgIpc) is 2.71. The van der Waals surface area contributed by atoms with Crippen molar-refractivity contribution in [1.82, 2.24) is 14.5 Å². The molecule has 0 amide bonds. The summed E-state index contributed by atoms with van der Waals surface area (Å²) in [4.78, 5) is 8.49. The average molecular weight is 281 g/mol. The van der Waals surface area contributed by atoms with E-state index in [1.165, 1.54) is 5.56 Å². The molecule has 0 saturated heterocycles. The number of aryl methyl sites for hydroxylation is 1. The highest BCUT2D eigenvalue weighted by atomic mass is 15.1. The number of nitrogens with zero attached hydrogens (tertiary/aromatic N) is 3. The number of hydrogen-bond acceptors (Lipinski definition) is 4. The van der Waals surface area contributed by atoms with Crippen LogP contribution in [0.15, 0.2) is 30.3 Å². The molecule has 5 nitrogen and oxygen atoms in total. The van der Waals surface area contributed by atoms with Gasteiger partial charge in [-0.1, -0.05) is 30.3 Å². The van der Waals surface area contributed by atoms with E-state index in [1.54, 1.807) is 0 Å². The molecule has 1 atom stereocenters. The molecule has 5 heteroatoms. The van der Waals surface area contributed by atoms with Gasteiger partial charge in [-0.05, 0) is 31.9 Å². The Bertz CT molecular complexity index is 805. The summed E-state index contributed by atoms with van der Waals surface area (Å²) < 4.78 is 2.17. The molecule has 0 aliphatic rings. The van der Waals surface area contributed by atoms with E-state index in [2.05, 4.69) is 40.5 Å². The van der Waals surface area contributed by atoms with E-state index in [0.717, 1.165) is 22.3 Å². The molecule has 108 valence electrons. The molecule has 3 rings (SSSR count). The van der Waals surface area contributed by atoms with Crippen molar-refractivity contribution in [2.75, 3.05) is 11.5 Å². The van der Waals surface area contributed by atoms with Crippen molar-refractivity contribution < 1.29 is 0 Å². The molecule has 0 fully saturated rings. The van der Waals surface area contributed by atoms with E-state index in [-0.39, 0.29) is 12.0 Å². The van der Waals surface area contributed by atoms with Crippen LogP contribution < -0.4 is 11.5 Å². The number of fused-ring (bicyclic) bond motifs is 1. The molecule has 1 aromatic carbocycles. The third-order valence-corrected chi connectivity index (χ3v) is 4.11. The van der Waals surface area contributed by atoms with Gasteiger partial charge in [-0.2, -0.15) is 9.97 Å². The van der Waals surface area contributed by atoms with Gasteiger partial charge >= 0.3 is 0 Å². The zero-order valence-electron chi connectivity index (χ0n) is 12.5. The molecule has 2 aromatic heterocycles. The van der Waals surface area contributed by atoms with Gasteiger partial charge < -0.3 is 16.0 Å². The van der Waals surface area contributed by atoms with Gasteiger partial charge in [0.15, 0.2) is 0 Å². The smallest absolute Gasteiger partial charge is 0.223 e. The van der Waals surface area contributed by atoms with Crippen molar-refractivity contribution in [3.63, 3.8) is 0 Å². The van der Waals surface area contributed by atoms with Gasteiger partial charge in [0.2, 0.25) is 5.95 Å². The third-order valence-electron chi connectivity index (χ3n) is 4.11. The Morgan fingerprint density at radius 1 is 1.05 bits per heavy atom. The van der Waals surface area contributed by atoms with Gasteiger partial charge in [0.05, 0.1) is 11.4 Å². The van der Waals surface area contributed by atoms with E-state index >= 15 is 0 Å². The maximum Gasteiger partial charge on any atom is 0.223 e. The third kappa shape index (κ3) is 2.01. The Morgan fingerprint density at radius 2 is 1.71 bits per heavy atom. The standard InChI is InChI=1S/C16H19N5/c1-9-10(2)21(11(3)12-7-5-4-6-8-12)15-13(9)14(17)19-16(18)20-15/h4-8,11H,1-3H3,(H4,17,18,19,20). The highest BCUT2D eigenvalue weighted by molar-refractivity contribution is 5.92. The summed E-state index contributed by atoms with van der Waals surface area (Å²) >= 11 is 0. The second kappa shape index (κ2) is 4.77. The topological polar surface area (TPSA) is 82.8 Å². The monoisotopic (exact) mass is 281 g/mol. The van der Waals surface area contributed by atoms with Crippen molar-refractivity contribution in [3.05, 3.63) is 47.2 Å². The second-order valence-electron chi connectivity index (χ2n) is 5.33. The van der Waals surface area contributed by atoms with Gasteiger partial charge in [-0.3, -0.25) is 0 Å². The molecule has 0 aliphatic heterocycles. The molecule has 0 saturated carbocycles. The number of anilines is 2. The minimum Gasteiger partial charge on any atom is -0.383 e. The molecular weight excluding hydrogens is 262 g/mol. The number of benzene rings is 1. The lowest BCUT2D eigenvalue weighted by Gasteiger charge is -2.17. The predicted molar refractivity (Wildman–Crippen MR) is 86.1 cm³/mol. The van der Waals surface area contributed by atoms with Crippen LogP contribution in [0.4, 0.5) is 11.8 Å². The number of nitrogen functional groups attached to an aromatic ring is 2. The molecule has 2 heterocycles. The fraction of sp³-hybridized carbons (Fsp3) is 0.250. The van der Waals surface area contributed by atoms with Crippen molar-refractivity contribution in [1.29, 1.82) is 0 Å². The Labute approximate surface area is 123 Å². The van der Waals surface area contributed by atoms with Crippen LogP contribution in [0.5, 0.6) is 0 Å². The zero-order chi connectivity index (χ0) is 15.1. The molecule has 0 radical (unpaired) electrons. The van der Waals surface area contributed by atoms with Crippen LogP contribution in [0.1, 0.15) is 29.8 Å². The summed E-state index contributed by atoms with van der Waals surface area (Å²) in [5.74, 6) is 0.649. The van der Waals surface area contributed by atoms with Gasteiger partial charge in [0.25, 0.3) is 0 Å². The largest absolute Gasteiger partial charge is 0.383 e. The lowest BCUT2D eigenvalue weighted by Crippen LogP contribution is -2.10. The number of aromatic nitrogens is 3. The van der Waals surface area contributed by atoms with Crippen LogP contribution in [0, 0.1) is 13.8 Å². The first kappa shape index (κ1) is 13.4. The molecule has 1 unspecified atom stereocenters. The molecule has 21 heavy (non-hydrogen) atoms. The normalized spacial score (nSPS) is 12.7. The van der Waals surface area contributed by atoms with Crippen molar-refractivity contribution in [2.45, 2.75) is 26.8 Å².